The van der Waals surface area contributed by atoms with Crippen molar-refractivity contribution < 1.29 is 27.9 Å². The van der Waals surface area contributed by atoms with Crippen molar-refractivity contribution in [3.63, 3.8) is 0 Å². The van der Waals surface area contributed by atoms with Gasteiger partial charge in [0.1, 0.15) is 11.8 Å². The van der Waals surface area contributed by atoms with Crippen molar-refractivity contribution >= 4 is 23.4 Å². The summed E-state index contributed by atoms with van der Waals surface area (Å²) in [6, 6.07) is 21.5. The minimum Gasteiger partial charge on any atom is -0.434 e. The van der Waals surface area contributed by atoms with Crippen molar-refractivity contribution in [3.05, 3.63) is 95.6 Å². The van der Waals surface area contributed by atoms with Gasteiger partial charge in [-0.3, -0.25) is 14.4 Å². The zero-order valence-electron chi connectivity index (χ0n) is 20.9. The number of piperidine rings is 1. The van der Waals surface area contributed by atoms with E-state index < -0.39 is 12.7 Å². The van der Waals surface area contributed by atoms with Gasteiger partial charge >= 0.3 is 6.61 Å². The molecule has 1 fully saturated rings. The highest BCUT2D eigenvalue weighted by Gasteiger charge is 2.27. The summed E-state index contributed by atoms with van der Waals surface area (Å²) in [5, 5.41) is 5.50. The number of benzene rings is 3. The minimum atomic E-state index is -3.00. The molecule has 3 aromatic rings. The Morgan fingerprint density at radius 2 is 1.53 bits per heavy atom. The number of rotatable bonds is 8. The van der Waals surface area contributed by atoms with Crippen LogP contribution in [-0.4, -0.2) is 48.4 Å². The van der Waals surface area contributed by atoms with Crippen LogP contribution in [0.15, 0.2) is 78.9 Å². The standard InChI is InChI=1S/C29H29F2N3O4/c1-19(32-27(36)22-7-3-2-4-8-22)26(35)33-23-13-11-20(12-14-23)21-15-17-34(18-16-21)28(37)24-9-5-6-10-25(24)38-29(30)31/h2-14,19,21,29H,15-18H2,1H3,(H,32,36)(H,33,35). The van der Waals surface area contributed by atoms with E-state index in [0.717, 1.165) is 18.4 Å². The number of alkyl halides is 2. The van der Waals surface area contributed by atoms with Crippen LogP contribution >= 0.6 is 0 Å². The third-order valence-electron chi connectivity index (χ3n) is 6.54. The highest BCUT2D eigenvalue weighted by Crippen LogP contribution is 2.31. The van der Waals surface area contributed by atoms with E-state index in [2.05, 4.69) is 15.4 Å². The number of anilines is 1. The summed E-state index contributed by atoms with van der Waals surface area (Å²) >= 11 is 0. The summed E-state index contributed by atoms with van der Waals surface area (Å²) in [6.07, 6.45) is 1.44. The maximum absolute atomic E-state index is 12.9. The fraction of sp³-hybridized carbons (Fsp3) is 0.276. The lowest BCUT2D eigenvalue weighted by molar-refractivity contribution is -0.117. The molecular formula is C29H29F2N3O4. The fourth-order valence-electron chi connectivity index (χ4n) is 4.45. The summed E-state index contributed by atoms with van der Waals surface area (Å²) in [4.78, 5) is 39.4. The predicted octanol–water partition coefficient (Wildman–Crippen LogP) is 5.06. The number of nitrogens with zero attached hydrogens (tertiary/aromatic N) is 1. The van der Waals surface area contributed by atoms with Crippen LogP contribution in [0.2, 0.25) is 0 Å². The normalized spacial score (nSPS) is 14.6. The van der Waals surface area contributed by atoms with Gasteiger partial charge < -0.3 is 20.3 Å². The summed E-state index contributed by atoms with van der Waals surface area (Å²) in [7, 11) is 0. The van der Waals surface area contributed by atoms with E-state index in [1.807, 2.05) is 30.3 Å². The first kappa shape index (κ1) is 26.8. The average Bonchev–Trinajstić information content (AvgIpc) is 2.93. The molecule has 7 nitrogen and oxygen atoms in total. The maximum atomic E-state index is 12.9. The minimum absolute atomic E-state index is 0.124. The summed E-state index contributed by atoms with van der Waals surface area (Å²) in [6.45, 7) is -0.399. The van der Waals surface area contributed by atoms with Crippen LogP contribution in [-0.2, 0) is 4.79 Å². The first-order valence-electron chi connectivity index (χ1n) is 12.4. The predicted molar refractivity (Wildman–Crippen MR) is 139 cm³/mol. The van der Waals surface area contributed by atoms with Crippen LogP contribution in [0.1, 0.15) is 52.0 Å². The Balaban J connectivity index is 1.29. The van der Waals surface area contributed by atoms with Gasteiger partial charge in [-0.2, -0.15) is 8.78 Å². The number of likely N-dealkylation sites (tertiary alicyclic amines) is 1. The third-order valence-corrected chi connectivity index (χ3v) is 6.54. The van der Waals surface area contributed by atoms with Crippen LogP contribution in [0.25, 0.3) is 0 Å². The van der Waals surface area contributed by atoms with Crippen molar-refractivity contribution in [2.45, 2.75) is 38.3 Å². The van der Waals surface area contributed by atoms with Gasteiger partial charge in [-0.1, -0.05) is 42.5 Å². The molecule has 9 heteroatoms. The molecule has 2 N–H and O–H groups in total. The maximum Gasteiger partial charge on any atom is 0.387 e. The van der Waals surface area contributed by atoms with Crippen LogP contribution in [0.5, 0.6) is 5.75 Å². The molecule has 3 aromatic carbocycles. The highest BCUT2D eigenvalue weighted by molar-refractivity contribution is 6.01. The Morgan fingerprint density at radius 3 is 2.18 bits per heavy atom. The molecule has 1 aliphatic heterocycles. The molecule has 38 heavy (non-hydrogen) atoms. The second-order valence-electron chi connectivity index (χ2n) is 9.11. The lowest BCUT2D eigenvalue weighted by Gasteiger charge is -2.32. The number of nitrogens with one attached hydrogen (secondary N) is 2. The second-order valence-corrected chi connectivity index (χ2v) is 9.11. The van der Waals surface area contributed by atoms with Gasteiger partial charge in [-0.05, 0) is 67.6 Å². The second kappa shape index (κ2) is 12.3. The molecule has 1 atom stereocenters. The number of halogens is 2. The number of amides is 3. The number of hydrogen-bond acceptors (Lipinski definition) is 4. The van der Waals surface area contributed by atoms with Crippen molar-refractivity contribution in [1.82, 2.24) is 10.2 Å². The van der Waals surface area contributed by atoms with E-state index in [0.29, 0.717) is 24.3 Å². The zero-order chi connectivity index (χ0) is 27.1. The molecule has 0 aromatic heterocycles. The molecule has 1 aliphatic rings. The topological polar surface area (TPSA) is 87.7 Å². The summed E-state index contributed by atoms with van der Waals surface area (Å²) < 4.78 is 29.9. The van der Waals surface area contributed by atoms with E-state index in [-0.39, 0.29) is 35.0 Å². The smallest absolute Gasteiger partial charge is 0.387 e. The molecule has 198 valence electrons. The Bertz CT molecular complexity index is 1260. The average molecular weight is 522 g/mol. The van der Waals surface area contributed by atoms with Gasteiger partial charge in [0.25, 0.3) is 11.8 Å². The van der Waals surface area contributed by atoms with Crippen LogP contribution in [0.3, 0.4) is 0 Å². The molecule has 1 saturated heterocycles. The molecule has 1 unspecified atom stereocenters. The van der Waals surface area contributed by atoms with E-state index in [1.165, 1.54) is 12.1 Å². The number of ether oxygens (including phenoxy) is 1. The molecule has 0 saturated carbocycles. The van der Waals surface area contributed by atoms with Crippen LogP contribution in [0, 0.1) is 0 Å². The number of carbonyl (C=O) groups excluding carboxylic acids is 3. The Morgan fingerprint density at radius 1 is 0.895 bits per heavy atom. The molecule has 0 spiro atoms. The molecule has 0 bridgehead atoms. The van der Waals surface area contributed by atoms with E-state index in [9.17, 15) is 23.2 Å². The molecular weight excluding hydrogens is 492 g/mol. The Hall–Kier alpha value is -4.27. The summed E-state index contributed by atoms with van der Waals surface area (Å²) in [5.41, 5.74) is 2.31. The van der Waals surface area contributed by atoms with Gasteiger partial charge in [-0.15, -0.1) is 0 Å². The SMILES string of the molecule is CC(NC(=O)c1ccccc1)C(=O)Nc1ccc(C2CCN(C(=O)c3ccccc3OC(F)F)CC2)cc1. The first-order valence-corrected chi connectivity index (χ1v) is 12.4. The van der Waals surface area contributed by atoms with Crippen molar-refractivity contribution in [1.29, 1.82) is 0 Å². The quantitative estimate of drug-likeness (QED) is 0.434. The molecule has 3 amide bonds. The first-order chi connectivity index (χ1) is 18.3. The Labute approximate surface area is 219 Å². The third kappa shape index (κ3) is 6.73. The van der Waals surface area contributed by atoms with Gasteiger partial charge in [0.15, 0.2) is 0 Å². The van der Waals surface area contributed by atoms with E-state index in [1.54, 1.807) is 48.2 Å². The number of carbonyl (C=O) groups is 3. The zero-order valence-corrected chi connectivity index (χ0v) is 20.9. The molecule has 1 heterocycles. The number of hydrogen-bond donors (Lipinski definition) is 2. The number of para-hydroxylation sites is 1. The fourth-order valence-corrected chi connectivity index (χ4v) is 4.45. The molecule has 0 radical (unpaired) electrons. The van der Waals surface area contributed by atoms with Gasteiger partial charge in [0, 0.05) is 24.3 Å². The molecule has 0 aliphatic carbocycles. The lowest BCUT2D eigenvalue weighted by atomic mass is 9.89. The van der Waals surface area contributed by atoms with E-state index >= 15 is 0 Å². The molecule has 4 rings (SSSR count). The van der Waals surface area contributed by atoms with Crippen molar-refractivity contribution in [2.24, 2.45) is 0 Å². The van der Waals surface area contributed by atoms with Crippen molar-refractivity contribution in [2.75, 3.05) is 18.4 Å². The van der Waals surface area contributed by atoms with E-state index in [4.69, 9.17) is 0 Å². The highest BCUT2D eigenvalue weighted by atomic mass is 19.3. The Kier molecular flexibility index (Phi) is 8.68. The largest absolute Gasteiger partial charge is 0.434 e. The lowest BCUT2D eigenvalue weighted by Crippen LogP contribution is -2.41. The summed E-state index contributed by atoms with van der Waals surface area (Å²) in [5.74, 6) is -0.878. The monoisotopic (exact) mass is 521 g/mol. The van der Waals surface area contributed by atoms with Crippen LogP contribution in [0.4, 0.5) is 14.5 Å². The van der Waals surface area contributed by atoms with Crippen LogP contribution < -0.4 is 15.4 Å². The van der Waals surface area contributed by atoms with Gasteiger partial charge in [-0.25, -0.2) is 0 Å². The van der Waals surface area contributed by atoms with Gasteiger partial charge in [0.05, 0.1) is 5.56 Å². The van der Waals surface area contributed by atoms with Gasteiger partial charge in [0.2, 0.25) is 5.91 Å². The van der Waals surface area contributed by atoms with Crippen molar-refractivity contribution in [3.8, 4) is 5.75 Å².